The van der Waals surface area contributed by atoms with Crippen molar-refractivity contribution >= 4 is 22.7 Å². The number of para-hydroxylation sites is 2. The Morgan fingerprint density at radius 2 is 2.00 bits per heavy atom. The van der Waals surface area contributed by atoms with E-state index in [0.717, 1.165) is 22.5 Å². The van der Waals surface area contributed by atoms with Gasteiger partial charge in [-0.1, -0.05) is 18.2 Å². The summed E-state index contributed by atoms with van der Waals surface area (Å²) < 4.78 is 13.2. The standard InChI is InChI=1S/C26H23N7O2/c1-17-21(32-24-15-28-11-12-29-24)16-33-26(17)25(18(13-27)14-30-33)31-19-7-9-20(10-8-19)35-23-6-4-3-5-22(23)34-2/h3-9,11-12,14-16,20,31H,10H2,1-2H3,(H,29,32). The second-order valence-corrected chi connectivity index (χ2v) is 7.91. The molecule has 0 amide bonds. The van der Waals surface area contributed by atoms with Gasteiger partial charge in [0.2, 0.25) is 0 Å². The molecule has 0 spiro atoms. The maximum absolute atomic E-state index is 9.75. The van der Waals surface area contributed by atoms with Gasteiger partial charge in [-0.2, -0.15) is 10.4 Å². The van der Waals surface area contributed by atoms with Crippen molar-refractivity contribution in [2.45, 2.75) is 19.4 Å². The molecule has 0 bridgehead atoms. The Morgan fingerprint density at radius 1 is 1.14 bits per heavy atom. The maximum atomic E-state index is 9.75. The van der Waals surface area contributed by atoms with Gasteiger partial charge in [0.05, 0.1) is 48.2 Å². The molecular formula is C26H23N7O2. The molecule has 3 heterocycles. The molecule has 1 unspecified atom stereocenters. The average Bonchev–Trinajstić information content (AvgIpc) is 3.21. The summed E-state index contributed by atoms with van der Waals surface area (Å²) in [5.41, 5.74) is 4.57. The molecule has 1 aliphatic carbocycles. The van der Waals surface area contributed by atoms with E-state index in [9.17, 15) is 5.26 Å². The molecule has 5 rings (SSSR count). The molecule has 9 nitrogen and oxygen atoms in total. The van der Waals surface area contributed by atoms with Crippen molar-refractivity contribution < 1.29 is 9.47 Å². The van der Waals surface area contributed by atoms with E-state index in [-0.39, 0.29) is 6.10 Å². The van der Waals surface area contributed by atoms with E-state index >= 15 is 0 Å². The fourth-order valence-corrected chi connectivity index (χ4v) is 3.93. The van der Waals surface area contributed by atoms with E-state index < -0.39 is 0 Å². The van der Waals surface area contributed by atoms with Crippen LogP contribution in [-0.2, 0) is 0 Å². The quantitative estimate of drug-likeness (QED) is 0.402. The fourth-order valence-electron chi connectivity index (χ4n) is 3.93. The van der Waals surface area contributed by atoms with Gasteiger partial charge in [-0.15, -0.1) is 0 Å². The minimum Gasteiger partial charge on any atom is -0.493 e. The Kier molecular flexibility index (Phi) is 6.01. The molecule has 2 N–H and O–H groups in total. The number of nitrogens with one attached hydrogen (secondary N) is 2. The molecule has 9 heteroatoms. The minimum atomic E-state index is -0.123. The summed E-state index contributed by atoms with van der Waals surface area (Å²) in [5.74, 6) is 2.02. The average molecular weight is 466 g/mol. The minimum absolute atomic E-state index is 0.123. The summed E-state index contributed by atoms with van der Waals surface area (Å²) in [5, 5.41) is 20.9. The van der Waals surface area contributed by atoms with Crippen LogP contribution in [0.4, 0.5) is 17.2 Å². The summed E-state index contributed by atoms with van der Waals surface area (Å²) in [6.07, 6.45) is 14.9. The van der Waals surface area contributed by atoms with Gasteiger partial charge in [0.15, 0.2) is 11.5 Å². The van der Waals surface area contributed by atoms with E-state index in [1.807, 2.05) is 49.5 Å². The Balaban J connectivity index is 1.39. The zero-order valence-electron chi connectivity index (χ0n) is 19.3. The molecule has 0 fully saturated rings. The van der Waals surface area contributed by atoms with E-state index in [1.54, 1.807) is 36.4 Å². The second-order valence-electron chi connectivity index (χ2n) is 7.91. The molecule has 1 atom stereocenters. The first-order chi connectivity index (χ1) is 17.2. The third-order valence-corrected chi connectivity index (χ3v) is 5.68. The van der Waals surface area contributed by atoms with Crippen LogP contribution in [0.2, 0.25) is 0 Å². The van der Waals surface area contributed by atoms with Gasteiger partial charge in [-0.3, -0.25) is 4.98 Å². The van der Waals surface area contributed by atoms with Crippen molar-refractivity contribution in [1.82, 2.24) is 19.6 Å². The lowest BCUT2D eigenvalue weighted by Gasteiger charge is -2.20. The molecule has 1 aliphatic rings. The highest BCUT2D eigenvalue weighted by Gasteiger charge is 2.18. The summed E-state index contributed by atoms with van der Waals surface area (Å²) in [4.78, 5) is 8.37. The number of benzene rings is 1. The van der Waals surface area contributed by atoms with Crippen molar-refractivity contribution in [2.75, 3.05) is 17.7 Å². The molecule has 0 saturated heterocycles. The van der Waals surface area contributed by atoms with E-state index in [2.05, 4.69) is 37.8 Å². The lowest BCUT2D eigenvalue weighted by atomic mass is 10.1. The van der Waals surface area contributed by atoms with Crippen molar-refractivity contribution in [2.24, 2.45) is 0 Å². The van der Waals surface area contributed by atoms with Crippen LogP contribution in [0.5, 0.6) is 11.5 Å². The zero-order chi connectivity index (χ0) is 24.2. The molecular weight excluding hydrogens is 442 g/mol. The Labute approximate surface area is 202 Å². The number of fused-ring (bicyclic) bond motifs is 1. The van der Waals surface area contributed by atoms with E-state index in [4.69, 9.17) is 9.47 Å². The number of nitrogens with zero attached hydrogens (tertiary/aromatic N) is 5. The number of rotatable bonds is 7. The zero-order valence-corrected chi connectivity index (χ0v) is 19.3. The molecule has 4 aromatic rings. The Hall–Kier alpha value is -4.84. The second kappa shape index (κ2) is 9.57. The number of ether oxygens (including phenoxy) is 2. The van der Waals surface area contributed by atoms with Gasteiger partial charge in [-0.25, -0.2) is 9.50 Å². The van der Waals surface area contributed by atoms with Crippen LogP contribution < -0.4 is 20.1 Å². The highest BCUT2D eigenvalue weighted by molar-refractivity contribution is 5.87. The summed E-state index contributed by atoms with van der Waals surface area (Å²) >= 11 is 0. The molecule has 0 saturated carbocycles. The smallest absolute Gasteiger partial charge is 0.162 e. The molecule has 35 heavy (non-hydrogen) atoms. The first-order valence-corrected chi connectivity index (χ1v) is 11.1. The highest BCUT2D eigenvalue weighted by atomic mass is 16.5. The predicted octanol–water partition coefficient (Wildman–Crippen LogP) is 4.76. The monoisotopic (exact) mass is 465 g/mol. The maximum Gasteiger partial charge on any atom is 0.162 e. The van der Waals surface area contributed by atoms with Gasteiger partial charge in [-0.05, 0) is 31.2 Å². The highest BCUT2D eigenvalue weighted by Crippen LogP contribution is 2.33. The largest absolute Gasteiger partial charge is 0.493 e. The van der Waals surface area contributed by atoms with Crippen LogP contribution in [-0.4, -0.2) is 32.8 Å². The third-order valence-electron chi connectivity index (χ3n) is 5.68. The molecule has 0 radical (unpaired) electrons. The van der Waals surface area contributed by atoms with Crippen molar-refractivity contribution in [1.29, 1.82) is 5.26 Å². The van der Waals surface area contributed by atoms with Gasteiger partial charge < -0.3 is 20.1 Å². The number of hydrogen-bond acceptors (Lipinski definition) is 8. The molecule has 1 aromatic carbocycles. The SMILES string of the molecule is COc1ccccc1OC1C=CC(Nc2c(C#N)cnn3cc(Nc4cnccn4)c(C)c23)=CC1. The number of allylic oxidation sites excluding steroid dienone is 1. The number of nitriles is 1. The normalized spacial score (nSPS) is 14.8. The number of hydrogen-bond donors (Lipinski definition) is 2. The van der Waals surface area contributed by atoms with Gasteiger partial charge in [0.1, 0.15) is 18.0 Å². The van der Waals surface area contributed by atoms with E-state index in [0.29, 0.717) is 35.0 Å². The van der Waals surface area contributed by atoms with Crippen molar-refractivity contribution in [3.63, 3.8) is 0 Å². The fraction of sp³-hybridized carbons (Fsp3) is 0.154. The Bertz CT molecular complexity index is 1470. The lowest BCUT2D eigenvalue weighted by molar-refractivity contribution is 0.238. The van der Waals surface area contributed by atoms with Crippen LogP contribution >= 0.6 is 0 Å². The van der Waals surface area contributed by atoms with Crippen molar-refractivity contribution in [3.05, 3.63) is 90.3 Å². The van der Waals surface area contributed by atoms with Crippen LogP contribution in [0.25, 0.3) is 5.52 Å². The van der Waals surface area contributed by atoms with Gasteiger partial charge >= 0.3 is 0 Å². The van der Waals surface area contributed by atoms with Crippen LogP contribution in [0, 0.1) is 18.3 Å². The summed E-state index contributed by atoms with van der Waals surface area (Å²) in [7, 11) is 1.63. The Morgan fingerprint density at radius 3 is 2.71 bits per heavy atom. The topological polar surface area (TPSA) is 109 Å². The van der Waals surface area contributed by atoms with Crippen LogP contribution in [0.15, 0.2) is 79.2 Å². The summed E-state index contributed by atoms with van der Waals surface area (Å²) in [6, 6.07) is 9.83. The number of anilines is 3. The van der Waals surface area contributed by atoms with Crippen molar-refractivity contribution in [3.8, 4) is 17.6 Å². The molecule has 0 aliphatic heterocycles. The van der Waals surface area contributed by atoms with E-state index in [1.165, 1.54) is 0 Å². The molecule has 174 valence electrons. The van der Waals surface area contributed by atoms with Crippen LogP contribution in [0.1, 0.15) is 17.5 Å². The first-order valence-electron chi connectivity index (χ1n) is 11.1. The summed E-state index contributed by atoms with van der Waals surface area (Å²) in [6.45, 7) is 1.98. The molecule has 3 aromatic heterocycles. The first kappa shape index (κ1) is 22.0. The number of methoxy groups -OCH3 is 1. The van der Waals surface area contributed by atoms with Crippen LogP contribution in [0.3, 0.4) is 0 Å². The third kappa shape index (κ3) is 4.50. The number of aromatic nitrogens is 4. The van der Waals surface area contributed by atoms with Gasteiger partial charge in [0, 0.05) is 30.1 Å². The van der Waals surface area contributed by atoms with Gasteiger partial charge in [0.25, 0.3) is 0 Å². The lowest BCUT2D eigenvalue weighted by Crippen LogP contribution is -2.17. The number of aryl methyl sites for hydroxylation is 1. The predicted molar refractivity (Wildman–Crippen MR) is 133 cm³/mol.